The lowest BCUT2D eigenvalue weighted by Gasteiger charge is -2.45. The Kier molecular flexibility index (Phi) is 9.92. The molecule has 5 atom stereocenters. The third-order valence-electron chi connectivity index (χ3n) is 6.73. The molecule has 228 valence electrons. The molecule has 0 saturated carbocycles. The van der Waals surface area contributed by atoms with E-state index in [1.807, 2.05) is 6.07 Å². The number of benzene rings is 2. The summed E-state index contributed by atoms with van der Waals surface area (Å²) in [4.78, 5) is 62.9. The van der Waals surface area contributed by atoms with Crippen molar-refractivity contribution < 1.29 is 42.9 Å². The van der Waals surface area contributed by atoms with Gasteiger partial charge in [0, 0.05) is 33.3 Å². The fourth-order valence-corrected chi connectivity index (χ4v) is 5.07. The molecule has 1 aromatic heterocycles. The minimum Gasteiger partial charge on any atom is -0.463 e. The Bertz CT molecular complexity index is 1650. The summed E-state index contributed by atoms with van der Waals surface area (Å²) in [5.41, 5.74) is 0.733. The second kappa shape index (κ2) is 13.8. The highest BCUT2D eigenvalue weighted by Gasteiger charge is 2.53. The van der Waals surface area contributed by atoms with Crippen LogP contribution in [0.25, 0.3) is 22.4 Å². The Balaban J connectivity index is 2.04. The average Bonchev–Trinajstić information content (AvgIpc) is 2.98. The summed E-state index contributed by atoms with van der Waals surface area (Å²) in [5.74, 6) is -3.11. The molecule has 44 heavy (non-hydrogen) atoms. The minimum atomic E-state index is -1.55. The molecule has 4 rings (SSSR count). The summed E-state index contributed by atoms with van der Waals surface area (Å²) in [5, 5.41) is 10.2. The number of carbonyl (C=O) groups excluding carboxylic acids is 4. The van der Waals surface area contributed by atoms with Crippen molar-refractivity contribution in [3.8, 4) is 28.5 Å². The third-order valence-corrected chi connectivity index (χ3v) is 6.73. The molecule has 1 aliphatic heterocycles. The zero-order valence-corrected chi connectivity index (χ0v) is 24.4. The van der Waals surface area contributed by atoms with Crippen molar-refractivity contribution >= 4 is 23.9 Å². The standard InChI is InChI=1S/C32H30N2O10/c1-18(35)40-17-27-28(41-19(2)36)29(42-20(3)37)30(43-21(4)38)32(44-27)34-26(23-13-9-6-10-14-23)15-24(25(16-33)31(34)39)22-11-7-5-8-12-22/h5-15,27-30,32H,17H2,1-4H3/t27-,28+,29+,30+,32-/m1/s1. The van der Waals surface area contributed by atoms with Crippen molar-refractivity contribution in [1.82, 2.24) is 4.57 Å². The van der Waals surface area contributed by atoms with E-state index < -0.39 is 66.7 Å². The number of hydrogen-bond donors (Lipinski definition) is 0. The van der Waals surface area contributed by atoms with Crippen molar-refractivity contribution in [1.29, 1.82) is 5.26 Å². The van der Waals surface area contributed by atoms with E-state index in [4.69, 9.17) is 23.7 Å². The van der Waals surface area contributed by atoms with Crippen LogP contribution in [-0.4, -0.2) is 59.5 Å². The van der Waals surface area contributed by atoms with E-state index in [1.165, 1.54) is 0 Å². The number of nitrogens with zero attached hydrogens (tertiary/aromatic N) is 2. The predicted octanol–water partition coefficient (Wildman–Crippen LogP) is 3.31. The molecule has 0 spiro atoms. The summed E-state index contributed by atoms with van der Waals surface area (Å²) >= 11 is 0. The number of nitriles is 1. The zero-order chi connectivity index (χ0) is 32.0. The first-order valence-corrected chi connectivity index (χ1v) is 13.6. The maximum Gasteiger partial charge on any atom is 0.303 e. The molecular weight excluding hydrogens is 572 g/mol. The van der Waals surface area contributed by atoms with Gasteiger partial charge in [0.1, 0.15) is 24.3 Å². The number of hydrogen-bond acceptors (Lipinski definition) is 11. The molecule has 0 aliphatic carbocycles. The Morgan fingerprint density at radius 2 is 1.30 bits per heavy atom. The van der Waals surface area contributed by atoms with Crippen LogP contribution in [0, 0.1) is 11.3 Å². The molecule has 12 heteroatoms. The molecular formula is C32H30N2O10. The maximum absolute atomic E-state index is 14.3. The van der Waals surface area contributed by atoms with E-state index in [9.17, 15) is 29.2 Å². The molecule has 1 fully saturated rings. The van der Waals surface area contributed by atoms with Gasteiger partial charge in [-0.1, -0.05) is 60.7 Å². The van der Waals surface area contributed by atoms with Crippen LogP contribution in [0.2, 0.25) is 0 Å². The highest BCUT2D eigenvalue weighted by Crippen LogP contribution is 2.38. The lowest BCUT2D eigenvalue weighted by molar-refractivity contribution is -0.268. The van der Waals surface area contributed by atoms with E-state index in [-0.39, 0.29) is 11.3 Å². The van der Waals surface area contributed by atoms with Crippen LogP contribution in [0.4, 0.5) is 0 Å². The van der Waals surface area contributed by atoms with Gasteiger partial charge in [-0.15, -0.1) is 0 Å². The second-order valence-corrected chi connectivity index (χ2v) is 9.93. The molecule has 0 bridgehead atoms. The minimum absolute atomic E-state index is 0.233. The number of esters is 4. The second-order valence-electron chi connectivity index (χ2n) is 9.93. The first kappa shape index (κ1) is 31.7. The molecule has 0 N–H and O–H groups in total. The summed E-state index contributed by atoms with van der Waals surface area (Å²) in [6, 6.07) is 21.2. The Hall–Kier alpha value is -5.28. The van der Waals surface area contributed by atoms with Crippen LogP contribution in [-0.2, 0) is 42.9 Å². The molecule has 0 unspecified atom stereocenters. The normalized spacial score (nSPS) is 20.9. The monoisotopic (exact) mass is 602 g/mol. The quantitative estimate of drug-likeness (QED) is 0.275. The largest absolute Gasteiger partial charge is 0.463 e. The van der Waals surface area contributed by atoms with Gasteiger partial charge in [0.05, 0.1) is 5.69 Å². The fraction of sp³-hybridized carbons (Fsp3) is 0.312. The van der Waals surface area contributed by atoms with Gasteiger partial charge in [0.25, 0.3) is 5.56 Å². The fourth-order valence-electron chi connectivity index (χ4n) is 5.07. The van der Waals surface area contributed by atoms with Crippen LogP contribution in [0.15, 0.2) is 71.5 Å². The van der Waals surface area contributed by atoms with Crippen molar-refractivity contribution in [3.63, 3.8) is 0 Å². The van der Waals surface area contributed by atoms with Crippen molar-refractivity contribution in [2.75, 3.05) is 6.61 Å². The van der Waals surface area contributed by atoms with Crippen LogP contribution in [0.3, 0.4) is 0 Å². The third kappa shape index (κ3) is 7.02. The Labute approximate surface area is 252 Å². The number of rotatable bonds is 8. The number of ether oxygens (including phenoxy) is 5. The average molecular weight is 603 g/mol. The summed E-state index contributed by atoms with van der Waals surface area (Å²) in [6.45, 7) is 4.00. The van der Waals surface area contributed by atoms with E-state index in [0.29, 0.717) is 16.7 Å². The molecule has 2 heterocycles. The van der Waals surface area contributed by atoms with Crippen molar-refractivity contribution in [3.05, 3.63) is 82.6 Å². The lowest BCUT2D eigenvalue weighted by Crippen LogP contribution is -2.61. The van der Waals surface area contributed by atoms with Crippen LogP contribution in [0.5, 0.6) is 0 Å². The van der Waals surface area contributed by atoms with Gasteiger partial charge in [0.15, 0.2) is 24.5 Å². The Morgan fingerprint density at radius 3 is 1.82 bits per heavy atom. The van der Waals surface area contributed by atoms with Crippen LogP contribution >= 0.6 is 0 Å². The highest BCUT2D eigenvalue weighted by atomic mass is 16.7. The molecule has 3 aromatic rings. The van der Waals surface area contributed by atoms with Gasteiger partial charge in [-0.3, -0.25) is 28.5 Å². The highest BCUT2D eigenvalue weighted by molar-refractivity contribution is 5.76. The number of aromatic nitrogens is 1. The van der Waals surface area contributed by atoms with Crippen molar-refractivity contribution in [2.24, 2.45) is 0 Å². The van der Waals surface area contributed by atoms with E-state index in [0.717, 1.165) is 32.3 Å². The van der Waals surface area contributed by atoms with E-state index in [2.05, 4.69) is 0 Å². The van der Waals surface area contributed by atoms with Gasteiger partial charge in [-0.25, -0.2) is 0 Å². The van der Waals surface area contributed by atoms with Crippen molar-refractivity contribution in [2.45, 2.75) is 58.3 Å². The smallest absolute Gasteiger partial charge is 0.303 e. The van der Waals surface area contributed by atoms with Gasteiger partial charge in [0.2, 0.25) is 0 Å². The molecule has 0 radical (unpaired) electrons. The van der Waals surface area contributed by atoms with Gasteiger partial charge in [-0.05, 0) is 17.2 Å². The number of pyridine rings is 1. The summed E-state index contributed by atoms with van der Waals surface area (Å²) < 4.78 is 29.2. The van der Waals surface area contributed by atoms with Gasteiger partial charge in [-0.2, -0.15) is 5.26 Å². The topological polar surface area (TPSA) is 160 Å². The molecule has 2 aromatic carbocycles. The van der Waals surface area contributed by atoms with Gasteiger partial charge < -0.3 is 23.7 Å². The Morgan fingerprint density at radius 1 is 0.773 bits per heavy atom. The predicted molar refractivity (Wildman–Crippen MR) is 153 cm³/mol. The maximum atomic E-state index is 14.3. The first-order chi connectivity index (χ1) is 21.0. The molecule has 1 saturated heterocycles. The number of carbonyl (C=O) groups is 4. The summed E-state index contributed by atoms with van der Waals surface area (Å²) in [7, 11) is 0. The lowest BCUT2D eigenvalue weighted by atomic mass is 9.95. The van der Waals surface area contributed by atoms with Gasteiger partial charge >= 0.3 is 23.9 Å². The van der Waals surface area contributed by atoms with E-state index in [1.54, 1.807) is 66.7 Å². The molecule has 1 aliphatic rings. The SMILES string of the molecule is CC(=O)OC[C@H]1O[C@@H](n2c(-c3ccccc3)cc(-c3ccccc3)c(C#N)c2=O)[C@@H](OC(C)=O)[C@@H](OC(C)=O)[C@H]1OC(C)=O. The van der Waals surface area contributed by atoms with Crippen LogP contribution < -0.4 is 5.56 Å². The summed E-state index contributed by atoms with van der Waals surface area (Å²) in [6.07, 6.45) is -7.31. The first-order valence-electron chi connectivity index (χ1n) is 13.6. The molecule has 0 amide bonds. The van der Waals surface area contributed by atoms with Crippen LogP contribution in [0.1, 0.15) is 39.5 Å². The molecule has 12 nitrogen and oxygen atoms in total. The van der Waals surface area contributed by atoms with E-state index >= 15 is 0 Å². The zero-order valence-electron chi connectivity index (χ0n) is 24.4.